The lowest BCUT2D eigenvalue weighted by Crippen LogP contribution is -2.29. The molecular formula is C11H21NO3. The number of hydrogen-bond donors (Lipinski definition) is 1. The molecule has 0 aromatic heterocycles. The molecule has 1 N–H and O–H groups in total. The Balaban J connectivity index is 2.01. The monoisotopic (exact) mass is 215 g/mol. The van der Waals surface area contributed by atoms with Gasteiger partial charge in [0.05, 0.1) is 6.61 Å². The van der Waals surface area contributed by atoms with Crippen molar-refractivity contribution >= 4 is 5.97 Å². The van der Waals surface area contributed by atoms with Gasteiger partial charge in [-0.15, -0.1) is 0 Å². The quantitative estimate of drug-likeness (QED) is 0.529. The highest BCUT2D eigenvalue weighted by Crippen LogP contribution is 2.16. The molecule has 1 rings (SSSR count). The van der Waals surface area contributed by atoms with Gasteiger partial charge in [-0.3, -0.25) is 4.79 Å². The minimum absolute atomic E-state index is 0.0574. The van der Waals surface area contributed by atoms with Crippen LogP contribution in [0.25, 0.3) is 0 Å². The highest BCUT2D eigenvalue weighted by Gasteiger charge is 2.17. The van der Waals surface area contributed by atoms with Crippen LogP contribution in [-0.2, 0) is 14.3 Å². The predicted octanol–water partition coefficient (Wildman–Crippen LogP) is 0.956. The number of rotatable bonds is 6. The Hall–Kier alpha value is -0.610. The number of methoxy groups -OCH3 is 1. The van der Waals surface area contributed by atoms with E-state index in [1.807, 2.05) is 0 Å². The van der Waals surface area contributed by atoms with Crippen molar-refractivity contribution in [1.29, 1.82) is 0 Å². The van der Waals surface area contributed by atoms with E-state index in [1.165, 1.54) is 0 Å². The first kappa shape index (κ1) is 12.5. The van der Waals surface area contributed by atoms with Gasteiger partial charge in [0.2, 0.25) is 0 Å². The van der Waals surface area contributed by atoms with E-state index >= 15 is 0 Å². The minimum atomic E-state index is -0.0574. The predicted molar refractivity (Wildman–Crippen MR) is 57.7 cm³/mol. The fraction of sp³-hybridized carbons (Fsp3) is 0.909. The van der Waals surface area contributed by atoms with Crippen LogP contribution in [0.5, 0.6) is 0 Å². The van der Waals surface area contributed by atoms with Crippen molar-refractivity contribution in [3.8, 4) is 0 Å². The van der Waals surface area contributed by atoms with Gasteiger partial charge in [-0.1, -0.05) is 0 Å². The SMILES string of the molecule is COCCCOC(=O)CC1CCNCC1. The van der Waals surface area contributed by atoms with Gasteiger partial charge in [-0.05, 0) is 31.8 Å². The average molecular weight is 215 g/mol. The molecule has 1 saturated heterocycles. The molecule has 0 amide bonds. The molecule has 4 heteroatoms. The third kappa shape index (κ3) is 5.74. The zero-order chi connectivity index (χ0) is 10.9. The second-order valence-electron chi connectivity index (χ2n) is 3.96. The van der Waals surface area contributed by atoms with Gasteiger partial charge < -0.3 is 14.8 Å². The van der Waals surface area contributed by atoms with Crippen LogP contribution in [0.15, 0.2) is 0 Å². The van der Waals surface area contributed by atoms with E-state index in [0.717, 1.165) is 32.4 Å². The topological polar surface area (TPSA) is 47.6 Å². The van der Waals surface area contributed by atoms with Crippen LogP contribution < -0.4 is 5.32 Å². The van der Waals surface area contributed by atoms with Crippen LogP contribution in [0, 0.1) is 5.92 Å². The van der Waals surface area contributed by atoms with Gasteiger partial charge in [-0.2, -0.15) is 0 Å². The highest BCUT2D eigenvalue weighted by molar-refractivity contribution is 5.69. The molecule has 0 aromatic rings. The van der Waals surface area contributed by atoms with E-state index in [4.69, 9.17) is 9.47 Å². The first-order chi connectivity index (χ1) is 7.33. The summed E-state index contributed by atoms with van der Waals surface area (Å²) in [6.45, 7) is 3.20. The molecule has 0 radical (unpaired) electrons. The number of piperidine rings is 1. The molecule has 0 aliphatic carbocycles. The van der Waals surface area contributed by atoms with Crippen LogP contribution in [0.3, 0.4) is 0 Å². The average Bonchev–Trinajstić information content (AvgIpc) is 2.26. The number of carbonyl (C=O) groups excluding carboxylic acids is 1. The van der Waals surface area contributed by atoms with Gasteiger partial charge in [0, 0.05) is 26.6 Å². The second kappa shape index (κ2) is 7.65. The summed E-state index contributed by atoms with van der Waals surface area (Å²) in [4.78, 5) is 11.4. The zero-order valence-corrected chi connectivity index (χ0v) is 9.46. The Kier molecular flexibility index (Phi) is 6.36. The fourth-order valence-electron chi connectivity index (χ4n) is 1.77. The van der Waals surface area contributed by atoms with Crippen molar-refractivity contribution in [2.75, 3.05) is 33.4 Å². The number of esters is 1. The summed E-state index contributed by atoms with van der Waals surface area (Å²) >= 11 is 0. The molecule has 0 saturated carbocycles. The normalized spacial score (nSPS) is 17.7. The summed E-state index contributed by atoms with van der Waals surface area (Å²) in [6, 6.07) is 0. The van der Waals surface area contributed by atoms with Crippen molar-refractivity contribution < 1.29 is 14.3 Å². The Morgan fingerprint density at radius 2 is 2.07 bits per heavy atom. The Bertz CT molecular complexity index is 179. The molecule has 0 bridgehead atoms. The fourth-order valence-corrected chi connectivity index (χ4v) is 1.77. The molecule has 15 heavy (non-hydrogen) atoms. The smallest absolute Gasteiger partial charge is 0.306 e. The standard InChI is InChI=1S/C11H21NO3/c1-14-7-2-8-15-11(13)9-10-3-5-12-6-4-10/h10,12H,2-9H2,1H3. The molecule has 1 fully saturated rings. The maximum absolute atomic E-state index is 11.4. The molecule has 1 heterocycles. The number of hydrogen-bond acceptors (Lipinski definition) is 4. The molecule has 1 aliphatic heterocycles. The summed E-state index contributed by atoms with van der Waals surface area (Å²) in [5.74, 6) is 0.458. The lowest BCUT2D eigenvalue weighted by molar-refractivity contribution is -0.145. The number of carbonyl (C=O) groups is 1. The van der Waals surface area contributed by atoms with E-state index in [0.29, 0.717) is 25.6 Å². The molecular weight excluding hydrogens is 194 g/mol. The maximum atomic E-state index is 11.4. The van der Waals surface area contributed by atoms with Crippen LogP contribution in [-0.4, -0.2) is 39.4 Å². The third-order valence-electron chi connectivity index (χ3n) is 2.67. The van der Waals surface area contributed by atoms with Crippen LogP contribution in [0.1, 0.15) is 25.7 Å². The molecule has 0 atom stereocenters. The lowest BCUT2D eigenvalue weighted by atomic mass is 9.95. The van der Waals surface area contributed by atoms with Crippen molar-refractivity contribution in [3.63, 3.8) is 0 Å². The summed E-state index contributed by atoms with van der Waals surface area (Å²) in [5.41, 5.74) is 0. The molecule has 0 aromatic carbocycles. The third-order valence-corrected chi connectivity index (χ3v) is 2.67. The Morgan fingerprint density at radius 3 is 2.73 bits per heavy atom. The highest BCUT2D eigenvalue weighted by atomic mass is 16.5. The molecule has 0 spiro atoms. The van der Waals surface area contributed by atoms with E-state index in [2.05, 4.69) is 5.32 Å². The summed E-state index contributed by atoms with van der Waals surface area (Å²) in [6.07, 6.45) is 3.55. The zero-order valence-electron chi connectivity index (χ0n) is 9.46. The van der Waals surface area contributed by atoms with Gasteiger partial charge in [0.1, 0.15) is 0 Å². The first-order valence-corrected chi connectivity index (χ1v) is 5.68. The van der Waals surface area contributed by atoms with E-state index < -0.39 is 0 Å². The molecule has 4 nitrogen and oxygen atoms in total. The Labute approximate surface area is 91.3 Å². The van der Waals surface area contributed by atoms with Gasteiger partial charge in [-0.25, -0.2) is 0 Å². The van der Waals surface area contributed by atoms with Gasteiger partial charge >= 0.3 is 5.97 Å². The van der Waals surface area contributed by atoms with Crippen LogP contribution in [0.2, 0.25) is 0 Å². The second-order valence-corrected chi connectivity index (χ2v) is 3.96. The van der Waals surface area contributed by atoms with Crippen LogP contribution >= 0.6 is 0 Å². The van der Waals surface area contributed by atoms with Crippen molar-refractivity contribution in [2.24, 2.45) is 5.92 Å². The molecule has 88 valence electrons. The summed E-state index contributed by atoms with van der Waals surface area (Å²) in [7, 11) is 1.65. The number of nitrogens with one attached hydrogen (secondary N) is 1. The van der Waals surface area contributed by atoms with Crippen molar-refractivity contribution in [1.82, 2.24) is 5.32 Å². The maximum Gasteiger partial charge on any atom is 0.306 e. The van der Waals surface area contributed by atoms with Crippen molar-refractivity contribution in [2.45, 2.75) is 25.7 Å². The van der Waals surface area contributed by atoms with E-state index in [9.17, 15) is 4.79 Å². The summed E-state index contributed by atoms with van der Waals surface area (Å²) < 4.78 is 9.98. The molecule has 0 unspecified atom stereocenters. The van der Waals surface area contributed by atoms with Crippen molar-refractivity contribution in [3.05, 3.63) is 0 Å². The van der Waals surface area contributed by atoms with E-state index in [1.54, 1.807) is 7.11 Å². The minimum Gasteiger partial charge on any atom is -0.466 e. The molecule has 1 aliphatic rings. The summed E-state index contributed by atoms with van der Waals surface area (Å²) in [5, 5.41) is 3.28. The van der Waals surface area contributed by atoms with Crippen LogP contribution in [0.4, 0.5) is 0 Å². The number of ether oxygens (including phenoxy) is 2. The lowest BCUT2D eigenvalue weighted by Gasteiger charge is -2.21. The van der Waals surface area contributed by atoms with Gasteiger partial charge in [0.15, 0.2) is 0 Å². The van der Waals surface area contributed by atoms with E-state index in [-0.39, 0.29) is 5.97 Å². The Morgan fingerprint density at radius 1 is 1.33 bits per heavy atom. The largest absolute Gasteiger partial charge is 0.466 e. The first-order valence-electron chi connectivity index (χ1n) is 5.68. The van der Waals surface area contributed by atoms with Gasteiger partial charge in [0.25, 0.3) is 0 Å².